The fraction of sp³-hybridized carbons (Fsp3) is 0.600. The Morgan fingerprint density at radius 3 is 2.69 bits per heavy atom. The third kappa shape index (κ3) is 3.70. The average Bonchev–Trinajstić information content (AvgIpc) is 3.00. The normalized spacial score (nSPS) is 21.8. The number of benzene rings is 1. The van der Waals surface area contributed by atoms with Crippen LogP contribution in [0.5, 0.6) is 5.75 Å². The van der Waals surface area contributed by atoms with Crippen LogP contribution in [0.25, 0.3) is 0 Å². The number of nitrogens with one attached hydrogen (secondary N) is 1. The number of hydrogen-bond donors (Lipinski definition) is 1. The van der Waals surface area contributed by atoms with Crippen molar-refractivity contribution in [3.05, 3.63) is 29.8 Å². The number of ether oxygens (including phenoxy) is 2. The van der Waals surface area contributed by atoms with Gasteiger partial charge in [-0.05, 0) is 44.9 Å². The van der Waals surface area contributed by atoms with E-state index in [4.69, 9.17) is 9.47 Å². The quantitative estimate of drug-likeness (QED) is 0.893. The molecule has 26 heavy (non-hydrogen) atoms. The predicted octanol–water partition coefficient (Wildman–Crippen LogP) is 2.09. The van der Waals surface area contributed by atoms with Crippen LogP contribution in [-0.2, 0) is 9.53 Å². The van der Waals surface area contributed by atoms with Crippen molar-refractivity contribution in [3.8, 4) is 5.75 Å². The number of carbonyl (C=O) groups is 2. The van der Waals surface area contributed by atoms with Gasteiger partial charge in [-0.15, -0.1) is 0 Å². The van der Waals surface area contributed by atoms with Gasteiger partial charge >= 0.3 is 0 Å². The van der Waals surface area contributed by atoms with Gasteiger partial charge in [0.05, 0.1) is 13.0 Å². The minimum atomic E-state index is -0.191. The standard InChI is InChI=1S/C20H28N2O4/c1-14(2)21-18(23)17-12-22(13-20(17)7-9-26-10-8-20)19(24)15-5-4-6-16(11-15)25-3/h4-6,11,14,17H,7-10,12-13H2,1-3H3,(H,21,23)/t17-/m1/s1. The molecule has 0 saturated carbocycles. The zero-order chi connectivity index (χ0) is 18.7. The first-order chi connectivity index (χ1) is 12.4. The summed E-state index contributed by atoms with van der Waals surface area (Å²) >= 11 is 0. The van der Waals surface area contributed by atoms with Crippen molar-refractivity contribution >= 4 is 11.8 Å². The third-order valence-corrected chi connectivity index (χ3v) is 5.49. The van der Waals surface area contributed by atoms with Crippen molar-refractivity contribution < 1.29 is 19.1 Å². The second-order valence-corrected chi connectivity index (χ2v) is 7.61. The second-order valence-electron chi connectivity index (χ2n) is 7.61. The van der Waals surface area contributed by atoms with Crippen molar-refractivity contribution in [1.29, 1.82) is 0 Å². The molecule has 1 N–H and O–H groups in total. The van der Waals surface area contributed by atoms with Crippen LogP contribution >= 0.6 is 0 Å². The number of likely N-dealkylation sites (tertiary alicyclic amines) is 1. The van der Waals surface area contributed by atoms with E-state index in [-0.39, 0.29) is 29.2 Å². The minimum Gasteiger partial charge on any atom is -0.497 e. The molecule has 2 aliphatic rings. The van der Waals surface area contributed by atoms with Gasteiger partial charge in [-0.3, -0.25) is 9.59 Å². The van der Waals surface area contributed by atoms with Gasteiger partial charge in [-0.25, -0.2) is 0 Å². The first-order valence-corrected chi connectivity index (χ1v) is 9.27. The lowest BCUT2D eigenvalue weighted by Crippen LogP contribution is -2.46. The maximum atomic E-state index is 13.0. The van der Waals surface area contributed by atoms with Gasteiger partial charge in [0.1, 0.15) is 5.75 Å². The summed E-state index contributed by atoms with van der Waals surface area (Å²) in [6.07, 6.45) is 1.62. The monoisotopic (exact) mass is 360 g/mol. The predicted molar refractivity (Wildman–Crippen MR) is 98.2 cm³/mol. The Labute approximate surface area is 154 Å². The average molecular weight is 360 g/mol. The smallest absolute Gasteiger partial charge is 0.254 e. The van der Waals surface area contributed by atoms with E-state index < -0.39 is 0 Å². The summed E-state index contributed by atoms with van der Waals surface area (Å²) in [4.78, 5) is 27.7. The largest absolute Gasteiger partial charge is 0.497 e. The van der Waals surface area contributed by atoms with Gasteiger partial charge in [0.25, 0.3) is 5.91 Å². The summed E-state index contributed by atoms with van der Waals surface area (Å²) < 4.78 is 10.8. The molecule has 0 aromatic heterocycles. The fourth-order valence-electron chi connectivity index (χ4n) is 4.09. The van der Waals surface area contributed by atoms with Crippen molar-refractivity contribution in [2.45, 2.75) is 32.7 Å². The van der Waals surface area contributed by atoms with E-state index in [1.165, 1.54) is 0 Å². The molecular formula is C20H28N2O4. The van der Waals surface area contributed by atoms with Gasteiger partial charge in [0.2, 0.25) is 5.91 Å². The lowest BCUT2D eigenvalue weighted by atomic mass is 9.71. The Kier molecular flexibility index (Phi) is 5.51. The van der Waals surface area contributed by atoms with Crippen LogP contribution in [0.4, 0.5) is 0 Å². The highest BCUT2D eigenvalue weighted by atomic mass is 16.5. The maximum Gasteiger partial charge on any atom is 0.254 e. The topological polar surface area (TPSA) is 67.9 Å². The molecule has 1 atom stereocenters. The Morgan fingerprint density at radius 1 is 1.31 bits per heavy atom. The van der Waals surface area contributed by atoms with E-state index in [2.05, 4.69) is 5.32 Å². The molecule has 6 heteroatoms. The van der Waals surface area contributed by atoms with E-state index in [0.717, 1.165) is 12.8 Å². The van der Waals surface area contributed by atoms with E-state index in [1.54, 1.807) is 19.2 Å². The lowest BCUT2D eigenvalue weighted by Gasteiger charge is -2.37. The summed E-state index contributed by atoms with van der Waals surface area (Å²) in [7, 11) is 1.59. The lowest BCUT2D eigenvalue weighted by molar-refractivity contribution is -0.130. The molecule has 2 fully saturated rings. The van der Waals surface area contributed by atoms with E-state index in [0.29, 0.717) is 37.6 Å². The van der Waals surface area contributed by atoms with Crippen LogP contribution in [0.2, 0.25) is 0 Å². The molecule has 1 aromatic carbocycles. The van der Waals surface area contributed by atoms with Gasteiger partial charge in [0.15, 0.2) is 0 Å². The molecule has 2 amide bonds. The van der Waals surface area contributed by atoms with E-state index >= 15 is 0 Å². The number of amides is 2. The van der Waals surface area contributed by atoms with E-state index in [9.17, 15) is 9.59 Å². The molecule has 0 radical (unpaired) electrons. The summed E-state index contributed by atoms with van der Waals surface area (Å²) in [5.74, 6) is 0.464. The molecule has 6 nitrogen and oxygen atoms in total. The Hall–Kier alpha value is -2.08. The number of methoxy groups -OCH3 is 1. The van der Waals surface area contributed by atoms with E-state index in [1.807, 2.05) is 30.9 Å². The van der Waals surface area contributed by atoms with Gasteiger partial charge in [-0.2, -0.15) is 0 Å². The summed E-state index contributed by atoms with van der Waals surface area (Å²) in [5.41, 5.74) is 0.405. The van der Waals surface area contributed by atoms with Crippen LogP contribution in [0.3, 0.4) is 0 Å². The molecule has 1 aromatic rings. The molecule has 3 rings (SSSR count). The number of hydrogen-bond acceptors (Lipinski definition) is 4. The zero-order valence-electron chi connectivity index (χ0n) is 15.8. The summed E-state index contributed by atoms with van der Waals surface area (Å²) in [6.45, 7) is 6.27. The van der Waals surface area contributed by atoms with Crippen LogP contribution in [0, 0.1) is 11.3 Å². The molecule has 0 aliphatic carbocycles. The van der Waals surface area contributed by atoms with Crippen molar-refractivity contribution in [2.75, 3.05) is 33.4 Å². The molecule has 0 unspecified atom stereocenters. The fourth-order valence-corrected chi connectivity index (χ4v) is 4.09. The van der Waals surface area contributed by atoms with Crippen LogP contribution < -0.4 is 10.1 Å². The second kappa shape index (κ2) is 7.66. The highest BCUT2D eigenvalue weighted by Crippen LogP contribution is 2.44. The first kappa shape index (κ1) is 18.7. The van der Waals surface area contributed by atoms with Crippen LogP contribution in [0.1, 0.15) is 37.0 Å². The SMILES string of the molecule is COc1cccc(C(=O)N2C[C@H](C(=O)NC(C)C)C3(CCOCC3)C2)c1. The summed E-state index contributed by atoms with van der Waals surface area (Å²) in [5, 5.41) is 3.04. The molecule has 2 aliphatic heterocycles. The molecular weight excluding hydrogens is 332 g/mol. The minimum absolute atomic E-state index is 0.0443. The van der Waals surface area contributed by atoms with Gasteiger partial charge < -0.3 is 19.7 Å². The highest BCUT2D eigenvalue weighted by Gasteiger charge is 2.51. The van der Waals surface area contributed by atoms with Crippen LogP contribution in [-0.4, -0.2) is 56.2 Å². The third-order valence-electron chi connectivity index (χ3n) is 5.49. The maximum absolute atomic E-state index is 13.0. The molecule has 2 heterocycles. The Balaban J connectivity index is 1.83. The van der Waals surface area contributed by atoms with Crippen LogP contribution in [0.15, 0.2) is 24.3 Å². The Morgan fingerprint density at radius 2 is 2.04 bits per heavy atom. The number of nitrogens with zero attached hydrogens (tertiary/aromatic N) is 1. The molecule has 142 valence electrons. The molecule has 1 spiro atoms. The summed E-state index contributed by atoms with van der Waals surface area (Å²) in [6, 6.07) is 7.26. The number of rotatable bonds is 4. The molecule has 2 saturated heterocycles. The Bertz CT molecular complexity index is 668. The van der Waals surface area contributed by atoms with Crippen molar-refractivity contribution in [3.63, 3.8) is 0 Å². The van der Waals surface area contributed by atoms with Gasteiger partial charge in [-0.1, -0.05) is 6.07 Å². The highest BCUT2D eigenvalue weighted by molar-refractivity contribution is 5.95. The molecule has 0 bridgehead atoms. The van der Waals surface area contributed by atoms with Gasteiger partial charge in [0, 0.05) is 43.3 Å². The number of carbonyl (C=O) groups excluding carboxylic acids is 2. The zero-order valence-corrected chi connectivity index (χ0v) is 15.8. The van der Waals surface area contributed by atoms with Crippen molar-refractivity contribution in [2.24, 2.45) is 11.3 Å². The van der Waals surface area contributed by atoms with Crippen molar-refractivity contribution in [1.82, 2.24) is 10.2 Å². The first-order valence-electron chi connectivity index (χ1n) is 9.27.